The monoisotopic (exact) mass is 272 g/mol. The Hall–Kier alpha value is -2.69. The van der Waals surface area contributed by atoms with Crippen LogP contribution in [0.25, 0.3) is 0 Å². The number of rotatable bonds is 5. The summed E-state index contributed by atoms with van der Waals surface area (Å²) in [5.41, 5.74) is 7.34. The zero-order valence-corrected chi connectivity index (χ0v) is 10.8. The average Bonchev–Trinajstić information content (AvgIpc) is 2.41. The van der Waals surface area contributed by atoms with Crippen LogP contribution < -0.4 is 11.1 Å². The van der Waals surface area contributed by atoms with E-state index in [9.17, 15) is 15.0 Å². The Morgan fingerprint density at radius 3 is 2.50 bits per heavy atom. The normalized spacial score (nSPS) is 10.2. The molecule has 1 amide bonds. The second-order valence-electron chi connectivity index (χ2n) is 4.44. The number of nitrogens with two attached hydrogens (primary N) is 1. The van der Waals surface area contributed by atoms with Crippen molar-refractivity contribution in [2.45, 2.75) is 13.0 Å². The van der Waals surface area contributed by atoms with Gasteiger partial charge in [-0.2, -0.15) is 0 Å². The van der Waals surface area contributed by atoms with Gasteiger partial charge in [-0.1, -0.05) is 30.3 Å². The Morgan fingerprint density at radius 1 is 1.05 bits per heavy atom. The summed E-state index contributed by atoms with van der Waals surface area (Å²) in [6.07, 6.45) is 0.148. The zero-order chi connectivity index (χ0) is 14.5. The van der Waals surface area contributed by atoms with Crippen LogP contribution in [0.3, 0.4) is 0 Å². The fraction of sp³-hybridized carbons (Fsp3) is 0.133. The van der Waals surface area contributed by atoms with Crippen molar-refractivity contribution in [3.63, 3.8) is 0 Å². The molecule has 2 rings (SSSR count). The molecular formula is C15H16N2O3. The molecule has 0 aliphatic carbocycles. The highest BCUT2D eigenvalue weighted by Crippen LogP contribution is 2.29. The van der Waals surface area contributed by atoms with Gasteiger partial charge in [0.05, 0.1) is 6.42 Å². The molecule has 0 saturated carbocycles. The summed E-state index contributed by atoms with van der Waals surface area (Å²) in [5, 5.41) is 22.3. The number of phenolic OH excluding ortho intramolecular Hbond substituents is 2. The molecule has 0 bridgehead atoms. The first-order valence-corrected chi connectivity index (χ1v) is 6.18. The Bertz CT molecular complexity index is 626. The Kier molecular flexibility index (Phi) is 4.10. The van der Waals surface area contributed by atoms with Crippen LogP contribution in [0.5, 0.6) is 11.5 Å². The van der Waals surface area contributed by atoms with E-state index in [4.69, 9.17) is 5.73 Å². The third-order valence-electron chi connectivity index (χ3n) is 2.95. The van der Waals surface area contributed by atoms with E-state index >= 15 is 0 Å². The van der Waals surface area contributed by atoms with Gasteiger partial charge in [0, 0.05) is 17.8 Å². The molecule has 104 valence electrons. The summed E-state index contributed by atoms with van der Waals surface area (Å²) < 4.78 is 0. The van der Waals surface area contributed by atoms with E-state index in [1.807, 2.05) is 24.3 Å². The smallest absolute Gasteiger partial charge is 0.221 e. The first kappa shape index (κ1) is 13.7. The number of carbonyl (C=O) groups is 1. The number of anilines is 1. The predicted octanol–water partition coefficient (Wildman–Crippen LogP) is 1.74. The molecule has 0 aromatic heterocycles. The van der Waals surface area contributed by atoms with E-state index in [0.29, 0.717) is 12.1 Å². The van der Waals surface area contributed by atoms with Crippen LogP contribution in [-0.2, 0) is 17.8 Å². The summed E-state index contributed by atoms with van der Waals surface area (Å²) in [6, 6.07) is 12.1. The van der Waals surface area contributed by atoms with Crippen molar-refractivity contribution < 1.29 is 15.0 Å². The minimum atomic E-state index is -0.403. The van der Waals surface area contributed by atoms with E-state index in [-0.39, 0.29) is 17.9 Å². The molecule has 5 N–H and O–H groups in total. The van der Waals surface area contributed by atoms with Crippen molar-refractivity contribution in [3.05, 3.63) is 53.6 Å². The molecule has 0 saturated heterocycles. The Morgan fingerprint density at radius 2 is 1.75 bits per heavy atom. The van der Waals surface area contributed by atoms with Crippen LogP contribution in [0.4, 0.5) is 5.69 Å². The molecule has 2 aromatic carbocycles. The minimum absolute atomic E-state index is 0.146. The number of primary amides is 1. The van der Waals surface area contributed by atoms with Crippen molar-refractivity contribution in [2.24, 2.45) is 5.73 Å². The van der Waals surface area contributed by atoms with Crippen molar-refractivity contribution in [2.75, 3.05) is 5.32 Å². The molecule has 0 heterocycles. The lowest BCUT2D eigenvalue weighted by atomic mass is 10.1. The lowest BCUT2D eigenvalue weighted by Gasteiger charge is -2.12. The molecule has 0 fully saturated rings. The summed E-state index contributed by atoms with van der Waals surface area (Å²) in [4.78, 5) is 11.0. The van der Waals surface area contributed by atoms with E-state index in [2.05, 4.69) is 5.32 Å². The van der Waals surface area contributed by atoms with Crippen molar-refractivity contribution in [1.82, 2.24) is 0 Å². The van der Waals surface area contributed by atoms with E-state index in [1.54, 1.807) is 12.1 Å². The van der Waals surface area contributed by atoms with Crippen LogP contribution in [0, 0.1) is 0 Å². The Balaban J connectivity index is 2.15. The predicted molar refractivity (Wildman–Crippen MR) is 76.4 cm³/mol. The van der Waals surface area contributed by atoms with E-state index < -0.39 is 5.91 Å². The fourth-order valence-electron chi connectivity index (χ4n) is 1.95. The van der Waals surface area contributed by atoms with Gasteiger partial charge in [0.1, 0.15) is 0 Å². The number of para-hydroxylation sites is 2. The van der Waals surface area contributed by atoms with Gasteiger partial charge in [0.15, 0.2) is 11.5 Å². The minimum Gasteiger partial charge on any atom is -0.504 e. The number of aromatic hydroxyl groups is 2. The van der Waals surface area contributed by atoms with Crippen molar-refractivity contribution in [1.29, 1.82) is 0 Å². The molecule has 0 atom stereocenters. The standard InChI is InChI=1S/C15H16N2O3/c16-14(19)8-10-4-1-2-6-12(10)17-9-11-5-3-7-13(18)15(11)20/h1-7,17-18,20H,8-9H2,(H2,16,19). The van der Waals surface area contributed by atoms with E-state index in [0.717, 1.165) is 11.3 Å². The second-order valence-corrected chi connectivity index (χ2v) is 4.44. The van der Waals surface area contributed by atoms with Gasteiger partial charge in [-0.15, -0.1) is 0 Å². The average molecular weight is 272 g/mol. The number of carbonyl (C=O) groups excluding carboxylic acids is 1. The molecule has 5 nitrogen and oxygen atoms in total. The molecule has 0 radical (unpaired) electrons. The highest BCUT2D eigenvalue weighted by Gasteiger charge is 2.08. The van der Waals surface area contributed by atoms with Crippen LogP contribution in [0.2, 0.25) is 0 Å². The van der Waals surface area contributed by atoms with Crippen molar-refractivity contribution in [3.8, 4) is 11.5 Å². The second kappa shape index (κ2) is 5.97. The summed E-state index contributed by atoms with van der Waals surface area (Å²) in [6.45, 7) is 0.329. The first-order chi connectivity index (χ1) is 9.58. The van der Waals surface area contributed by atoms with Crippen molar-refractivity contribution >= 4 is 11.6 Å². The fourth-order valence-corrected chi connectivity index (χ4v) is 1.95. The quantitative estimate of drug-likeness (QED) is 0.623. The van der Waals surface area contributed by atoms with Crippen LogP contribution >= 0.6 is 0 Å². The molecular weight excluding hydrogens is 256 g/mol. The maximum Gasteiger partial charge on any atom is 0.221 e. The third-order valence-corrected chi connectivity index (χ3v) is 2.95. The van der Waals surface area contributed by atoms with Gasteiger partial charge in [0.2, 0.25) is 5.91 Å². The van der Waals surface area contributed by atoms with E-state index in [1.165, 1.54) is 6.07 Å². The number of nitrogens with one attached hydrogen (secondary N) is 1. The summed E-state index contributed by atoms with van der Waals surface area (Å²) in [7, 11) is 0. The zero-order valence-electron chi connectivity index (χ0n) is 10.8. The SMILES string of the molecule is NC(=O)Cc1ccccc1NCc1cccc(O)c1O. The molecule has 0 spiro atoms. The maximum absolute atomic E-state index is 11.0. The lowest BCUT2D eigenvalue weighted by Crippen LogP contribution is -2.15. The topological polar surface area (TPSA) is 95.6 Å². The van der Waals surface area contributed by atoms with Gasteiger partial charge in [-0.3, -0.25) is 4.79 Å². The third kappa shape index (κ3) is 3.20. The first-order valence-electron chi connectivity index (χ1n) is 6.18. The molecule has 0 unspecified atom stereocenters. The van der Waals surface area contributed by atoms with Crippen LogP contribution in [-0.4, -0.2) is 16.1 Å². The Labute approximate surface area is 116 Å². The van der Waals surface area contributed by atoms with Crippen LogP contribution in [0.1, 0.15) is 11.1 Å². The van der Waals surface area contributed by atoms with Gasteiger partial charge >= 0.3 is 0 Å². The summed E-state index contributed by atoms with van der Waals surface area (Å²) in [5.74, 6) is -0.707. The van der Waals surface area contributed by atoms with Gasteiger partial charge in [-0.05, 0) is 17.7 Å². The highest BCUT2D eigenvalue weighted by atomic mass is 16.3. The van der Waals surface area contributed by atoms with Gasteiger partial charge in [-0.25, -0.2) is 0 Å². The molecule has 0 aliphatic heterocycles. The number of hydrogen-bond acceptors (Lipinski definition) is 4. The summed E-state index contributed by atoms with van der Waals surface area (Å²) >= 11 is 0. The molecule has 20 heavy (non-hydrogen) atoms. The van der Waals surface area contributed by atoms with Crippen LogP contribution in [0.15, 0.2) is 42.5 Å². The number of phenols is 2. The lowest BCUT2D eigenvalue weighted by molar-refractivity contribution is -0.117. The largest absolute Gasteiger partial charge is 0.504 e. The number of amides is 1. The highest BCUT2D eigenvalue weighted by molar-refractivity contribution is 5.78. The van der Waals surface area contributed by atoms with Gasteiger partial charge in [0.25, 0.3) is 0 Å². The number of benzene rings is 2. The number of hydrogen-bond donors (Lipinski definition) is 4. The van der Waals surface area contributed by atoms with Gasteiger partial charge < -0.3 is 21.3 Å². The molecule has 2 aromatic rings. The molecule has 0 aliphatic rings. The molecule has 5 heteroatoms. The maximum atomic E-state index is 11.0.